The van der Waals surface area contributed by atoms with Gasteiger partial charge in [-0.2, -0.15) is 4.31 Å². The number of benzene rings is 1. The average molecular weight is 289 g/mol. The van der Waals surface area contributed by atoms with Crippen LogP contribution in [0.4, 0.5) is 4.39 Å². The van der Waals surface area contributed by atoms with Crippen molar-refractivity contribution in [2.24, 2.45) is 0 Å². The molecule has 0 unspecified atom stereocenters. The van der Waals surface area contributed by atoms with Gasteiger partial charge in [0.2, 0.25) is 10.0 Å². The number of aliphatic hydroxyl groups excluding tert-OH is 1. The van der Waals surface area contributed by atoms with Crippen LogP contribution in [-0.4, -0.2) is 30.9 Å². The molecule has 108 valence electrons. The van der Waals surface area contributed by atoms with Crippen LogP contribution in [0.3, 0.4) is 0 Å². The van der Waals surface area contributed by atoms with Crippen LogP contribution in [0.2, 0.25) is 0 Å². The van der Waals surface area contributed by atoms with E-state index in [2.05, 4.69) is 0 Å². The molecule has 1 aromatic rings. The van der Waals surface area contributed by atoms with Crippen molar-refractivity contribution in [1.29, 1.82) is 0 Å². The standard InChI is InChI=1S/C13H20FNO3S/c1-3-5-8-15(4-2)19(17,18)13-9-11(10-16)6-7-12(13)14/h6-7,9,16H,3-5,8,10H2,1-2H3. The fourth-order valence-corrected chi connectivity index (χ4v) is 3.37. The van der Waals surface area contributed by atoms with Gasteiger partial charge in [-0.3, -0.25) is 0 Å². The van der Waals surface area contributed by atoms with Gasteiger partial charge in [0.1, 0.15) is 10.7 Å². The third kappa shape index (κ3) is 3.75. The summed E-state index contributed by atoms with van der Waals surface area (Å²) in [6.07, 6.45) is 1.60. The molecule has 0 bridgehead atoms. The summed E-state index contributed by atoms with van der Waals surface area (Å²) < 4.78 is 39.7. The third-order valence-corrected chi connectivity index (χ3v) is 4.90. The average Bonchev–Trinajstić information content (AvgIpc) is 2.39. The number of hydrogen-bond acceptors (Lipinski definition) is 3. The van der Waals surface area contributed by atoms with E-state index < -0.39 is 15.8 Å². The summed E-state index contributed by atoms with van der Waals surface area (Å²) in [5, 5.41) is 9.03. The predicted molar refractivity (Wildman–Crippen MR) is 71.7 cm³/mol. The lowest BCUT2D eigenvalue weighted by Crippen LogP contribution is -2.32. The molecule has 0 heterocycles. The molecule has 1 rings (SSSR count). The lowest BCUT2D eigenvalue weighted by Gasteiger charge is -2.20. The maximum Gasteiger partial charge on any atom is 0.245 e. The zero-order valence-electron chi connectivity index (χ0n) is 11.3. The zero-order valence-corrected chi connectivity index (χ0v) is 12.1. The minimum absolute atomic E-state index is 0.297. The molecule has 4 nitrogen and oxygen atoms in total. The number of rotatable bonds is 7. The van der Waals surface area contributed by atoms with Gasteiger partial charge in [0.25, 0.3) is 0 Å². The summed E-state index contributed by atoms with van der Waals surface area (Å²) in [5.74, 6) is -0.785. The van der Waals surface area contributed by atoms with Crippen molar-refractivity contribution in [2.45, 2.75) is 38.2 Å². The van der Waals surface area contributed by atoms with Gasteiger partial charge in [-0.05, 0) is 24.1 Å². The Morgan fingerprint density at radius 3 is 2.53 bits per heavy atom. The van der Waals surface area contributed by atoms with Crippen LogP contribution in [0, 0.1) is 5.82 Å². The first-order chi connectivity index (χ1) is 8.97. The number of halogens is 1. The molecule has 6 heteroatoms. The van der Waals surface area contributed by atoms with E-state index in [1.165, 1.54) is 16.4 Å². The fraction of sp³-hybridized carbons (Fsp3) is 0.538. The fourth-order valence-electron chi connectivity index (χ4n) is 1.77. The second-order valence-electron chi connectivity index (χ2n) is 4.27. The molecule has 0 aliphatic carbocycles. The molecule has 0 aliphatic rings. The number of aliphatic hydroxyl groups is 1. The van der Waals surface area contributed by atoms with Gasteiger partial charge in [0.05, 0.1) is 6.61 Å². The van der Waals surface area contributed by atoms with Crippen molar-refractivity contribution >= 4 is 10.0 Å². The number of hydrogen-bond donors (Lipinski definition) is 1. The summed E-state index contributed by atoms with van der Waals surface area (Å²) in [7, 11) is -3.84. The molecule has 0 aromatic heterocycles. The van der Waals surface area contributed by atoms with E-state index in [0.717, 1.165) is 18.9 Å². The quantitative estimate of drug-likeness (QED) is 0.836. The minimum atomic E-state index is -3.84. The van der Waals surface area contributed by atoms with Crippen LogP contribution in [0.5, 0.6) is 0 Å². The van der Waals surface area contributed by atoms with Crippen LogP contribution in [0.1, 0.15) is 32.3 Å². The van der Waals surface area contributed by atoms with E-state index in [9.17, 15) is 12.8 Å². The minimum Gasteiger partial charge on any atom is -0.392 e. The molecule has 0 spiro atoms. The topological polar surface area (TPSA) is 57.6 Å². The van der Waals surface area contributed by atoms with E-state index in [1.807, 2.05) is 6.92 Å². The first kappa shape index (κ1) is 16.1. The van der Waals surface area contributed by atoms with Crippen LogP contribution in [0.15, 0.2) is 23.1 Å². The van der Waals surface area contributed by atoms with Gasteiger partial charge >= 0.3 is 0 Å². The first-order valence-corrected chi connectivity index (χ1v) is 7.80. The molecule has 0 atom stereocenters. The largest absolute Gasteiger partial charge is 0.392 e. The van der Waals surface area contributed by atoms with Crippen LogP contribution < -0.4 is 0 Å². The van der Waals surface area contributed by atoms with E-state index in [0.29, 0.717) is 18.7 Å². The molecular formula is C13H20FNO3S. The van der Waals surface area contributed by atoms with Gasteiger partial charge in [-0.15, -0.1) is 0 Å². The van der Waals surface area contributed by atoms with Gasteiger partial charge in [-0.25, -0.2) is 12.8 Å². The summed E-state index contributed by atoms with van der Waals surface area (Å²) in [6.45, 7) is 4.04. The van der Waals surface area contributed by atoms with Gasteiger partial charge in [0, 0.05) is 13.1 Å². The molecule has 19 heavy (non-hydrogen) atoms. The Hall–Kier alpha value is -0.980. The molecule has 0 amide bonds. The molecule has 1 aromatic carbocycles. The Labute approximate surface area is 113 Å². The SMILES string of the molecule is CCCCN(CC)S(=O)(=O)c1cc(CO)ccc1F. The first-order valence-electron chi connectivity index (χ1n) is 6.36. The molecule has 1 N–H and O–H groups in total. The van der Waals surface area contributed by atoms with Crippen molar-refractivity contribution in [3.63, 3.8) is 0 Å². The predicted octanol–water partition coefficient (Wildman–Crippen LogP) is 2.13. The summed E-state index contributed by atoms with van der Waals surface area (Å²) in [5.41, 5.74) is 0.381. The Balaban J connectivity index is 3.17. The van der Waals surface area contributed by atoms with Gasteiger partial charge < -0.3 is 5.11 Å². The highest BCUT2D eigenvalue weighted by molar-refractivity contribution is 7.89. The highest BCUT2D eigenvalue weighted by atomic mass is 32.2. The Morgan fingerprint density at radius 2 is 2.00 bits per heavy atom. The maximum absolute atomic E-state index is 13.7. The number of nitrogens with zero attached hydrogens (tertiary/aromatic N) is 1. The van der Waals surface area contributed by atoms with Gasteiger partial charge in [-0.1, -0.05) is 26.3 Å². The van der Waals surface area contributed by atoms with E-state index >= 15 is 0 Å². The van der Waals surface area contributed by atoms with Crippen molar-refractivity contribution in [3.8, 4) is 0 Å². The molecule has 0 saturated carbocycles. The van der Waals surface area contributed by atoms with E-state index in [1.54, 1.807) is 6.92 Å². The van der Waals surface area contributed by atoms with Crippen LogP contribution >= 0.6 is 0 Å². The Bertz CT molecular complexity index is 517. The Morgan fingerprint density at radius 1 is 1.32 bits per heavy atom. The zero-order chi connectivity index (χ0) is 14.5. The second kappa shape index (κ2) is 6.98. The summed E-state index contributed by atoms with van der Waals surface area (Å²) >= 11 is 0. The monoisotopic (exact) mass is 289 g/mol. The number of sulfonamides is 1. The van der Waals surface area contributed by atoms with Crippen molar-refractivity contribution < 1.29 is 17.9 Å². The number of unbranched alkanes of at least 4 members (excludes halogenated alkanes) is 1. The second-order valence-corrected chi connectivity index (χ2v) is 6.18. The summed E-state index contributed by atoms with van der Waals surface area (Å²) in [6, 6.07) is 3.64. The maximum atomic E-state index is 13.7. The van der Waals surface area contributed by atoms with Crippen LogP contribution in [-0.2, 0) is 16.6 Å². The summed E-state index contributed by atoms with van der Waals surface area (Å²) in [4.78, 5) is -0.364. The smallest absolute Gasteiger partial charge is 0.245 e. The third-order valence-electron chi connectivity index (χ3n) is 2.91. The highest BCUT2D eigenvalue weighted by Crippen LogP contribution is 2.21. The van der Waals surface area contributed by atoms with Crippen LogP contribution in [0.25, 0.3) is 0 Å². The lowest BCUT2D eigenvalue weighted by molar-refractivity contribution is 0.281. The normalized spacial score (nSPS) is 12.1. The molecule has 0 radical (unpaired) electrons. The molecule has 0 aliphatic heterocycles. The van der Waals surface area contributed by atoms with Crippen molar-refractivity contribution in [1.82, 2.24) is 4.31 Å². The van der Waals surface area contributed by atoms with Crippen molar-refractivity contribution in [3.05, 3.63) is 29.6 Å². The van der Waals surface area contributed by atoms with Crippen molar-refractivity contribution in [2.75, 3.05) is 13.1 Å². The van der Waals surface area contributed by atoms with Gasteiger partial charge in [0.15, 0.2) is 0 Å². The molecule has 0 fully saturated rings. The highest BCUT2D eigenvalue weighted by Gasteiger charge is 2.26. The van der Waals surface area contributed by atoms with E-state index in [4.69, 9.17) is 5.11 Å². The molecular weight excluding hydrogens is 269 g/mol. The van der Waals surface area contributed by atoms with E-state index in [-0.39, 0.29) is 11.5 Å². The lowest BCUT2D eigenvalue weighted by atomic mass is 10.2. The molecule has 0 saturated heterocycles. The Kier molecular flexibility index (Phi) is 5.90.